The highest BCUT2D eigenvalue weighted by molar-refractivity contribution is 7.91. The van der Waals surface area contributed by atoms with Gasteiger partial charge in [-0.2, -0.15) is 0 Å². The van der Waals surface area contributed by atoms with Crippen molar-refractivity contribution in [3.8, 4) is 0 Å². The standard InChI is InChI=1S/C9H13NO3S.ClH/c1-7-2-3-8(10)6-9(7)14(12,13)5-4-11;/h2-3,6,11H,4-5,10H2,1H3;1H. The third-order valence-corrected chi connectivity index (χ3v) is 3.74. The van der Waals surface area contributed by atoms with Crippen LogP contribution in [0.15, 0.2) is 23.1 Å². The molecule has 0 heterocycles. The van der Waals surface area contributed by atoms with Crippen LogP contribution in [0.2, 0.25) is 0 Å². The number of sulfone groups is 1. The molecule has 0 saturated heterocycles. The molecule has 0 bridgehead atoms. The van der Waals surface area contributed by atoms with Crippen LogP contribution in [-0.4, -0.2) is 25.9 Å². The maximum atomic E-state index is 11.6. The van der Waals surface area contributed by atoms with Crippen LogP contribution in [0.1, 0.15) is 5.56 Å². The van der Waals surface area contributed by atoms with Crippen LogP contribution in [0.4, 0.5) is 5.69 Å². The molecule has 6 heteroatoms. The molecular formula is C9H14ClNO3S. The molecule has 0 aromatic heterocycles. The van der Waals surface area contributed by atoms with Crippen LogP contribution < -0.4 is 5.73 Å². The summed E-state index contributed by atoms with van der Waals surface area (Å²) in [5.74, 6) is -0.267. The van der Waals surface area contributed by atoms with E-state index in [0.717, 1.165) is 0 Å². The van der Waals surface area contributed by atoms with Crippen molar-refractivity contribution in [2.45, 2.75) is 11.8 Å². The molecule has 1 aromatic rings. The number of aliphatic hydroxyl groups excluding tert-OH is 1. The highest BCUT2D eigenvalue weighted by Gasteiger charge is 2.16. The molecule has 3 N–H and O–H groups in total. The summed E-state index contributed by atoms with van der Waals surface area (Å²) in [5, 5.41) is 8.61. The number of benzene rings is 1. The molecule has 0 saturated carbocycles. The molecule has 1 rings (SSSR count). The van der Waals surface area contributed by atoms with Gasteiger partial charge < -0.3 is 10.8 Å². The monoisotopic (exact) mass is 251 g/mol. The predicted octanol–water partition coefficient (Wildman–Crippen LogP) is 0.765. The first-order chi connectivity index (χ1) is 6.47. The van der Waals surface area contributed by atoms with Crippen LogP contribution in [0.5, 0.6) is 0 Å². The van der Waals surface area contributed by atoms with Crippen molar-refractivity contribution >= 4 is 27.9 Å². The van der Waals surface area contributed by atoms with E-state index in [-0.39, 0.29) is 29.7 Å². The molecule has 4 nitrogen and oxygen atoms in total. The van der Waals surface area contributed by atoms with E-state index in [9.17, 15) is 8.42 Å². The zero-order valence-corrected chi connectivity index (χ0v) is 9.94. The lowest BCUT2D eigenvalue weighted by molar-refractivity contribution is 0.319. The fourth-order valence-electron chi connectivity index (χ4n) is 1.18. The van der Waals surface area contributed by atoms with Crippen LogP contribution >= 0.6 is 12.4 Å². The molecule has 0 amide bonds. The third-order valence-electron chi connectivity index (χ3n) is 1.91. The van der Waals surface area contributed by atoms with Gasteiger partial charge >= 0.3 is 0 Å². The van der Waals surface area contributed by atoms with Gasteiger partial charge in [-0.1, -0.05) is 6.07 Å². The summed E-state index contributed by atoms with van der Waals surface area (Å²) in [6.45, 7) is 1.32. The van der Waals surface area contributed by atoms with E-state index in [0.29, 0.717) is 11.3 Å². The smallest absolute Gasteiger partial charge is 0.180 e. The van der Waals surface area contributed by atoms with Gasteiger partial charge in [-0.05, 0) is 24.6 Å². The Hall–Kier alpha value is -0.780. The highest BCUT2D eigenvalue weighted by Crippen LogP contribution is 2.19. The van der Waals surface area contributed by atoms with Crippen molar-refractivity contribution in [2.75, 3.05) is 18.1 Å². The Morgan fingerprint density at radius 2 is 2.00 bits per heavy atom. The molecule has 15 heavy (non-hydrogen) atoms. The van der Waals surface area contributed by atoms with E-state index in [1.54, 1.807) is 19.1 Å². The second-order valence-corrected chi connectivity index (χ2v) is 5.14. The van der Waals surface area contributed by atoms with E-state index in [1.165, 1.54) is 6.07 Å². The number of aliphatic hydroxyl groups is 1. The maximum Gasteiger partial charge on any atom is 0.180 e. The third kappa shape index (κ3) is 3.37. The number of hydrogen-bond acceptors (Lipinski definition) is 4. The lowest BCUT2D eigenvalue weighted by atomic mass is 10.2. The summed E-state index contributed by atoms with van der Waals surface area (Å²) < 4.78 is 23.2. The second kappa shape index (κ2) is 5.34. The Bertz CT molecular complexity index is 431. The van der Waals surface area contributed by atoms with Gasteiger partial charge in [0.1, 0.15) is 0 Å². The van der Waals surface area contributed by atoms with E-state index in [1.807, 2.05) is 0 Å². The molecule has 0 spiro atoms. The average molecular weight is 252 g/mol. The van der Waals surface area contributed by atoms with Crippen molar-refractivity contribution < 1.29 is 13.5 Å². The van der Waals surface area contributed by atoms with Gasteiger partial charge in [-0.3, -0.25) is 0 Å². The summed E-state index contributed by atoms with van der Waals surface area (Å²) >= 11 is 0. The summed E-state index contributed by atoms with van der Waals surface area (Å²) in [5.41, 5.74) is 6.55. The minimum atomic E-state index is -3.39. The number of nitrogens with two attached hydrogens (primary N) is 1. The molecule has 0 aliphatic rings. The molecular weight excluding hydrogens is 238 g/mol. The lowest BCUT2D eigenvalue weighted by Gasteiger charge is -2.06. The van der Waals surface area contributed by atoms with Gasteiger partial charge in [0.05, 0.1) is 17.3 Å². The highest BCUT2D eigenvalue weighted by atomic mass is 35.5. The average Bonchev–Trinajstić information content (AvgIpc) is 2.09. The second-order valence-electron chi connectivity index (χ2n) is 3.07. The quantitative estimate of drug-likeness (QED) is 0.778. The minimum Gasteiger partial charge on any atom is -0.399 e. The van der Waals surface area contributed by atoms with Crippen LogP contribution in [0.25, 0.3) is 0 Å². The number of nitrogen functional groups attached to an aromatic ring is 1. The summed E-state index contributed by atoms with van der Waals surface area (Å²) in [7, 11) is -3.39. The molecule has 0 aliphatic carbocycles. The van der Waals surface area contributed by atoms with Gasteiger partial charge in [-0.25, -0.2) is 8.42 Å². The first kappa shape index (κ1) is 14.2. The Morgan fingerprint density at radius 1 is 1.40 bits per heavy atom. The first-order valence-corrected chi connectivity index (χ1v) is 5.82. The molecule has 0 aliphatic heterocycles. The van der Waals surface area contributed by atoms with Gasteiger partial charge in [0.15, 0.2) is 9.84 Å². The topological polar surface area (TPSA) is 80.4 Å². The van der Waals surface area contributed by atoms with Crippen molar-refractivity contribution in [3.63, 3.8) is 0 Å². The van der Waals surface area contributed by atoms with Gasteiger partial charge in [0, 0.05) is 5.69 Å². The number of halogens is 1. The molecule has 0 unspecified atom stereocenters. The van der Waals surface area contributed by atoms with E-state index < -0.39 is 9.84 Å². The summed E-state index contributed by atoms with van der Waals surface area (Å²) in [4.78, 5) is 0.201. The number of anilines is 1. The Balaban J connectivity index is 0.00000196. The molecule has 1 aromatic carbocycles. The largest absolute Gasteiger partial charge is 0.399 e. The zero-order valence-electron chi connectivity index (χ0n) is 8.30. The molecule has 0 radical (unpaired) electrons. The van der Waals surface area contributed by atoms with Crippen LogP contribution in [-0.2, 0) is 9.84 Å². The number of aryl methyl sites for hydroxylation is 1. The minimum absolute atomic E-state index is 0. The van der Waals surface area contributed by atoms with Crippen molar-refractivity contribution in [1.29, 1.82) is 0 Å². The number of hydrogen-bond donors (Lipinski definition) is 2. The fraction of sp³-hybridized carbons (Fsp3) is 0.333. The SMILES string of the molecule is Cc1ccc(N)cc1S(=O)(=O)CCO.Cl. The Morgan fingerprint density at radius 3 is 2.53 bits per heavy atom. The van der Waals surface area contributed by atoms with Crippen LogP contribution in [0, 0.1) is 6.92 Å². The van der Waals surface area contributed by atoms with E-state index in [4.69, 9.17) is 10.8 Å². The zero-order chi connectivity index (χ0) is 10.8. The van der Waals surface area contributed by atoms with Gasteiger partial charge in [0.25, 0.3) is 0 Å². The molecule has 0 atom stereocenters. The fourth-order valence-corrected chi connectivity index (χ4v) is 2.52. The first-order valence-electron chi connectivity index (χ1n) is 4.17. The van der Waals surface area contributed by atoms with E-state index in [2.05, 4.69) is 0 Å². The molecule has 86 valence electrons. The lowest BCUT2D eigenvalue weighted by Crippen LogP contribution is -2.11. The van der Waals surface area contributed by atoms with E-state index >= 15 is 0 Å². The van der Waals surface area contributed by atoms with Crippen molar-refractivity contribution in [2.24, 2.45) is 0 Å². The van der Waals surface area contributed by atoms with Crippen molar-refractivity contribution in [1.82, 2.24) is 0 Å². The Kier molecular flexibility index (Phi) is 5.07. The van der Waals surface area contributed by atoms with Crippen molar-refractivity contribution in [3.05, 3.63) is 23.8 Å². The van der Waals surface area contributed by atoms with Gasteiger partial charge in [-0.15, -0.1) is 12.4 Å². The summed E-state index contributed by atoms with van der Waals surface area (Å²) in [6, 6.07) is 4.72. The normalized spacial score (nSPS) is 10.8. The Labute approximate surface area is 95.4 Å². The van der Waals surface area contributed by atoms with Crippen LogP contribution in [0.3, 0.4) is 0 Å². The maximum absolute atomic E-state index is 11.6. The predicted molar refractivity (Wildman–Crippen MR) is 62.0 cm³/mol. The molecule has 0 fully saturated rings. The number of rotatable bonds is 3. The summed E-state index contributed by atoms with van der Waals surface area (Å²) in [6.07, 6.45) is 0. The van der Waals surface area contributed by atoms with Gasteiger partial charge in [0.2, 0.25) is 0 Å².